The van der Waals surface area contributed by atoms with Crippen molar-refractivity contribution in [1.29, 1.82) is 0 Å². The highest BCUT2D eigenvalue weighted by molar-refractivity contribution is 5.33. The molecule has 1 saturated heterocycles. The summed E-state index contributed by atoms with van der Waals surface area (Å²) in [4.78, 5) is 14.8. The lowest BCUT2D eigenvalue weighted by Gasteiger charge is -2.37. The number of para-hydroxylation sites is 1. The Kier molecular flexibility index (Phi) is 3.96. The number of hydrogen-bond acceptors (Lipinski definition) is 1. The first-order valence-electron chi connectivity index (χ1n) is 9.87. The summed E-state index contributed by atoms with van der Waals surface area (Å²) in [6.45, 7) is 11.4. The van der Waals surface area contributed by atoms with E-state index in [0.717, 1.165) is 23.5 Å². The summed E-state index contributed by atoms with van der Waals surface area (Å²) < 4.78 is 3.83. The van der Waals surface area contributed by atoms with Gasteiger partial charge in [0.2, 0.25) is 0 Å². The molecule has 26 heavy (non-hydrogen) atoms. The minimum absolute atomic E-state index is 0.148. The van der Waals surface area contributed by atoms with E-state index in [1.165, 1.54) is 25.8 Å². The molecule has 1 aromatic carbocycles. The summed E-state index contributed by atoms with van der Waals surface area (Å²) in [6.07, 6.45) is 3.89. The fourth-order valence-corrected chi connectivity index (χ4v) is 6.01. The van der Waals surface area contributed by atoms with E-state index in [1.54, 1.807) is 4.90 Å². The summed E-state index contributed by atoms with van der Waals surface area (Å²) in [6, 6.07) is 10.7. The van der Waals surface area contributed by atoms with Crippen LogP contribution < -0.4 is 10.5 Å². The van der Waals surface area contributed by atoms with Gasteiger partial charge in [0.15, 0.2) is 0 Å². The van der Waals surface area contributed by atoms with E-state index in [1.807, 2.05) is 46.7 Å². The first-order valence-corrected chi connectivity index (χ1v) is 9.87. The van der Waals surface area contributed by atoms with Crippen LogP contribution in [0.5, 0.6) is 0 Å². The molecule has 4 heteroatoms. The van der Waals surface area contributed by atoms with Crippen LogP contribution in [0.25, 0.3) is 5.69 Å². The van der Waals surface area contributed by atoms with Gasteiger partial charge in [0.1, 0.15) is 6.54 Å². The summed E-state index contributed by atoms with van der Waals surface area (Å²) in [5, 5.41) is 0. The van der Waals surface area contributed by atoms with Crippen molar-refractivity contribution >= 4 is 0 Å². The number of aromatic nitrogens is 2. The molecule has 2 fully saturated rings. The molecule has 1 aliphatic carbocycles. The van der Waals surface area contributed by atoms with Crippen molar-refractivity contribution in [2.75, 3.05) is 6.54 Å². The van der Waals surface area contributed by atoms with Crippen LogP contribution in [0.3, 0.4) is 0 Å². The summed E-state index contributed by atoms with van der Waals surface area (Å²) in [7, 11) is 2.00. The monoisotopic (exact) mass is 354 g/mol. The molecule has 1 N–H and O–H groups in total. The zero-order valence-electron chi connectivity index (χ0n) is 16.8. The number of rotatable bonds is 3. The summed E-state index contributed by atoms with van der Waals surface area (Å²) in [5.41, 5.74) is 4.03. The van der Waals surface area contributed by atoms with Gasteiger partial charge in [0.05, 0.1) is 23.8 Å². The van der Waals surface area contributed by atoms with Gasteiger partial charge in [-0.1, -0.05) is 39.0 Å². The van der Waals surface area contributed by atoms with Crippen molar-refractivity contribution in [2.24, 2.45) is 17.9 Å². The maximum Gasteiger partial charge on any atom is 0.280 e. The van der Waals surface area contributed by atoms with Gasteiger partial charge in [0.25, 0.3) is 5.56 Å². The molecule has 1 aliphatic heterocycles. The lowest BCUT2D eigenvalue weighted by atomic mass is 9.65. The van der Waals surface area contributed by atoms with Gasteiger partial charge < -0.3 is 4.90 Å². The van der Waals surface area contributed by atoms with Crippen molar-refractivity contribution in [2.45, 2.75) is 59.5 Å². The van der Waals surface area contributed by atoms with Gasteiger partial charge >= 0.3 is 0 Å². The third kappa shape index (κ3) is 2.84. The number of likely N-dealkylation sites (tertiary alicyclic amines) is 1. The Hall–Kier alpha value is -1.81. The van der Waals surface area contributed by atoms with Crippen LogP contribution in [0.2, 0.25) is 0 Å². The fourth-order valence-electron chi connectivity index (χ4n) is 6.01. The molecule has 0 amide bonds. The minimum Gasteiger partial charge on any atom is -0.328 e. The number of nitrogens with one attached hydrogen (secondary N) is 1. The van der Waals surface area contributed by atoms with E-state index in [9.17, 15) is 4.79 Å². The Morgan fingerprint density at radius 1 is 1.15 bits per heavy atom. The number of nitrogens with zero attached hydrogens (tertiary/aromatic N) is 2. The number of fused-ring (bicyclic) bond motifs is 2. The van der Waals surface area contributed by atoms with Crippen molar-refractivity contribution in [3.05, 3.63) is 51.9 Å². The third-order valence-electron chi connectivity index (χ3n) is 6.75. The molecule has 3 atom stereocenters. The molecule has 140 valence electrons. The van der Waals surface area contributed by atoms with Crippen LogP contribution in [0.1, 0.15) is 51.3 Å². The van der Waals surface area contributed by atoms with Gasteiger partial charge in [-0.3, -0.25) is 9.48 Å². The number of hydrogen-bond donors (Lipinski definition) is 1. The molecule has 0 spiro atoms. The predicted octanol–water partition coefficient (Wildman–Crippen LogP) is 2.47. The van der Waals surface area contributed by atoms with Gasteiger partial charge in [-0.05, 0) is 30.9 Å². The van der Waals surface area contributed by atoms with Crippen LogP contribution >= 0.6 is 0 Å². The highest BCUT2D eigenvalue weighted by Crippen LogP contribution is 2.47. The second kappa shape index (κ2) is 5.85. The molecule has 2 aliphatic rings. The SMILES string of the molecule is Cc1c(C[NH+]2C[C@@]3(C)C[C@@H]2CC(C)(C)C3)c(=O)n(-c2ccccc2)n1C. The maximum absolute atomic E-state index is 13.2. The van der Waals surface area contributed by atoms with E-state index in [4.69, 9.17) is 0 Å². The first-order chi connectivity index (χ1) is 12.2. The smallest absolute Gasteiger partial charge is 0.280 e. The molecule has 4 nitrogen and oxygen atoms in total. The van der Waals surface area contributed by atoms with E-state index in [2.05, 4.69) is 27.7 Å². The Morgan fingerprint density at radius 2 is 1.85 bits per heavy atom. The van der Waals surface area contributed by atoms with Gasteiger partial charge in [-0.15, -0.1) is 0 Å². The van der Waals surface area contributed by atoms with E-state index in [0.29, 0.717) is 16.9 Å². The van der Waals surface area contributed by atoms with E-state index in [-0.39, 0.29) is 5.56 Å². The molecular weight excluding hydrogens is 322 g/mol. The Balaban J connectivity index is 1.67. The Morgan fingerprint density at radius 3 is 2.54 bits per heavy atom. The normalized spacial score (nSPS) is 29.9. The quantitative estimate of drug-likeness (QED) is 0.902. The van der Waals surface area contributed by atoms with Crippen LogP contribution in [0.15, 0.2) is 35.1 Å². The molecule has 4 rings (SSSR count). The number of quaternary nitrogens is 1. The maximum atomic E-state index is 13.2. The van der Waals surface area contributed by atoms with Crippen LogP contribution in [0.4, 0.5) is 0 Å². The number of benzene rings is 1. The van der Waals surface area contributed by atoms with Gasteiger partial charge in [0, 0.05) is 31.0 Å². The largest absolute Gasteiger partial charge is 0.328 e. The molecule has 0 radical (unpaired) electrons. The van der Waals surface area contributed by atoms with Crippen molar-refractivity contribution in [3.63, 3.8) is 0 Å². The topological polar surface area (TPSA) is 31.4 Å². The highest BCUT2D eigenvalue weighted by Gasteiger charge is 2.52. The molecule has 2 heterocycles. The van der Waals surface area contributed by atoms with Crippen molar-refractivity contribution in [1.82, 2.24) is 9.36 Å². The minimum atomic E-state index is 0.148. The molecular formula is C22H32N3O+. The summed E-state index contributed by atoms with van der Waals surface area (Å²) >= 11 is 0. The van der Waals surface area contributed by atoms with E-state index < -0.39 is 0 Å². The molecule has 1 saturated carbocycles. The van der Waals surface area contributed by atoms with Gasteiger partial charge in [-0.25, -0.2) is 4.68 Å². The average molecular weight is 355 g/mol. The first kappa shape index (κ1) is 17.6. The Bertz CT molecular complexity index is 877. The van der Waals surface area contributed by atoms with E-state index >= 15 is 0 Å². The molecule has 2 aromatic rings. The average Bonchev–Trinajstić information content (AvgIpc) is 2.92. The van der Waals surface area contributed by atoms with Crippen molar-refractivity contribution < 1.29 is 4.90 Å². The molecule has 1 unspecified atom stereocenters. The zero-order chi connectivity index (χ0) is 18.7. The van der Waals surface area contributed by atoms with Gasteiger partial charge in [-0.2, -0.15) is 0 Å². The second-order valence-corrected chi connectivity index (χ2v) is 9.81. The van der Waals surface area contributed by atoms with Crippen LogP contribution in [0, 0.1) is 17.8 Å². The molecule has 1 aromatic heterocycles. The fraction of sp³-hybridized carbons (Fsp3) is 0.591. The standard InChI is InChI=1S/C22H31N3O/c1-16-19(20(26)25(23(16)5)17-9-7-6-8-10-17)13-24-15-22(4)12-18(24)11-21(2,3)14-22/h6-10,18H,11-15H2,1-5H3/p+1/t18-,22-/m0/s1. The van der Waals surface area contributed by atoms with Crippen molar-refractivity contribution in [3.8, 4) is 5.69 Å². The second-order valence-electron chi connectivity index (χ2n) is 9.81. The van der Waals surface area contributed by atoms with Crippen LogP contribution in [-0.4, -0.2) is 22.0 Å². The zero-order valence-corrected chi connectivity index (χ0v) is 16.8. The highest BCUT2D eigenvalue weighted by atomic mass is 16.1. The lowest BCUT2D eigenvalue weighted by Crippen LogP contribution is -3.12. The van der Waals surface area contributed by atoms with Crippen LogP contribution in [-0.2, 0) is 13.6 Å². The lowest BCUT2D eigenvalue weighted by molar-refractivity contribution is -0.928. The predicted molar refractivity (Wildman–Crippen MR) is 105 cm³/mol. The summed E-state index contributed by atoms with van der Waals surface area (Å²) in [5.74, 6) is 0. The molecule has 2 bridgehead atoms. The third-order valence-corrected chi connectivity index (χ3v) is 6.75. The Labute approximate surface area is 156 Å².